The van der Waals surface area contributed by atoms with Gasteiger partial charge in [-0.25, -0.2) is 4.98 Å². The van der Waals surface area contributed by atoms with Crippen molar-refractivity contribution in [3.63, 3.8) is 0 Å². The Morgan fingerprint density at radius 2 is 1.72 bits per heavy atom. The number of nitrogens with zero attached hydrogens (tertiary/aromatic N) is 2. The molecule has 0 aliphatic heterocycles. The molecule has 0 aliphatic carbocycles. The number of hydrogen-bond donors (Lipinski definition) is 2. The molecule has 0 saturated carbocycles. The lowest BCUT2D eigenvalue weighted by molar-refractivity contribution is -0.114. The number of rotatable bonds is 5. The van der Waals surface area contributed by atoms with Gasteiger partial charge in [-0.05, 0) is 42.5 Å². The quantitative estimate of drug-likeness (QED) is 0.503. The fourth-order valence-corrected chi connectivity index (χ4v) is 3.59. The first-order valence-electron chi connectivity index (χ1n) is 8.97. The third kappa shape index (κ3) is 4.41. The van der Waals surface area contributed by atoms with Crippen LogP contribution in [-0.4, -0.2) is 21.4 Å². The molecule has 4 rings (SSSR count). The molecular formula is C22H18N4O2S. The van der Waals surface area contributed by atoms with Gasteiger partial charge in [-0.15, -0.1) is 11.3 Å². The lowest BCUT2D eigenvalue weighted by atomic mass is 10.1. The molecule has 2 aromatic heterocycles. The Labute approximate surface area is 171 Å². The highest BCUT2D eigenvalue weighted by Crippen LogP contribution is 2.26. The van der Waals surface area contributed by atoms with Crippen molar-refractivity contribution in [3.05, 3.63) is 84.0 Å². The molecule has 0 unspecified atom stereocenters. The highest BCUT2D eigenvalue weighted by molar-refractivity contribution is 7.14. The van der Waals surface area contributed by atoms with Crippen molar-refractivity contribution in [3.8, 4) is 16.9 Å². The Bertz CT molecular complexity index is 1150. The van der Waals surface area contributed by atoms with Crippen molar-refractivity contribution < 1.29 is 9.59 Å². The highest BCUT2D eigenvalue weighted by atomic mass is 32.1. The normalized spacial score (nSPS) is 10.5. The third-order valence-electron chi connectivity index (χ3n) is 4.24. The summed E-state index contributed by atoms with van der Waals surface area (Å²) >= 11 is 1.37. The predicted molar refractivity (Wildman–Crippen MR) is 116 cm³/mol. The smallest absolute Gasteiger partial charge is 0.257 e. The molecule has 0 atom stereocenters. The van der Waals surface area contributed by atoms with Crippen LogP contribution in [0.1, 0.15) is 17.3 Å². The van der Waals surface area contributed by atoms with Crippen LogP contribution in [0.3, 0.4) is 0 Å². The molecule has 2 N–H and O–H groups in total. The molecular weight excluding hydrogens is 384 g/mol. The second-order valence-corrected chi connectivity index (χ2v) is 7.25. The second-order valence-electron chi connectivity index (χ2n) is 6.39. The Morgan fingerprint density at radius 3 is 2.45 bits per heavy atom. The van der Waals surface area contributed by atoms with Crippen molar-refractivity contribution in [1.29, 1.82) is 0 Å². The number of aromatic nitrogens is 2. The van der Waals surface area contributed by atoms with Crippen molar-refractivity contribution in [2.24, 2.45) is 0 Å². The molecule has 0 bridgehead atoms. The van der Waals surface area contributed by atoms with E-state index in [1.807, 2.05) is 76.9 Å². The largest absolute Gasteiger partial charge is 0.326 e. The van der Waals surface area contributed by atoms with E-state index in [4.69, 9.17) is 0 Å². The fraction of sp³-hybridized carbons (Fsp3) is 0.0455. The minimum Gasteiger partial charge on any atom is -0.326 e. The number of carbonyl (C=O) groups excluding carboxylic acids is 2. The standard InChI is InChI=1S/C22H18N4O2S/c1-15(27)23-18-9-7-16(8-10-18)20-14-29-22(24-20)25-21(28)17-5-4-6-19(13-17)26-11-2-3-12-26/h2-14H,1H3,(H,23,27)(H,24,25,28). The van der Waals surface area contributed by atoms with E-state index in [1.54, 1.807) is 6.07 Å². The Kier molecular flexibility index (Phi) is 5.22. The first kappa shape index (κ1) is 18.6. The first-order valence-corrected chi connectivity index (χ1v) is 9.85. The summed E-state index contributed by atoms with van der Waals surface area (Å²) in [6.07, 6.45) is 3.86. The van der Waals surface area contributed by atoms with Crippen molar-refractivity contribution in [2.45, 2.75) is 6.92 Å². The molecule has 7 heteroatoms. The van der Waals surface area contributed by atoms with Gasteiger partial charge in [-0.3, -0.25) is 14.9 Å². The van der Waals surface area contributed by atoms with E-state index in [2.05, 4.69) is 15.6 Å². The zero-order chi connectivity index (χ0) is 20.2. The summed E-state index contributed by atoms with van der Waals surface area (Å²) in [7, 11) is 0. The number of nitrogens with one attached hydrogen (secondary N) is 2. The van der Waals surface area contributed by atoms with Gasteiger partial charge in [0.1, 0.15) is 0 Å². The average Bonchev–Trinajstić information content (AvgIpc) is 3.40. The van der Waals surface area contributed by atoms with Crippen molar-refractivity contribution >= 4 is 34.0 Å². The van der Waals surface area contributed by atoms with Crippen LogP contribution in [0, 0.1) is 0 Å². The molecule has 2 amide bonds. The lowest BCUT2D eigenvalue weighted by Gasteiger charge is -2.06. The summed E-state index contributed by atoms with van der Waals surface area (Å²) in [5, 5.41) is 8.01. The van der Waals surface area contributed by atoms with Crippen molar-refractivity contribution in [2.75, 3.05) is 10.6 Å². The van der Waals surface area contributed by atoms with Crippen LogP contribution in [0.4, 0.5) is 10.8 Å². The monoisotopic (exact) mass is 402 g/mol. The van der Waals surface area contributed by atoms with Crippen LogP contribution in [0.25, 0.3) is 16.9 Å². The summed E-state index contributed by atoms with van der Waals surface area (Å²) in [6, 6.07) is 18.7. The van der Waals surface area contributed by atoms with E-state index in [-0.39, 0.29) is 11.8 Å². The van der Waals surface area contributed by atoms with Gasteiger partial charge >= 0.3 is 0 Å². The number of anilines is 2. The van der Waals surface area contributed by atoms with Crippen LogP contribution >= 0.6 is 11.3 Å². The predicted octanol–water partition coefficient (Wildman–Crippen LogP) is 4.81. The van der Waals surface area contributed by atoms with Crippen LogP contribution < -0.4 is 10.6 Å². The average molecular weight is 402 g/mol. The summed E-state index contributed by atoms with van der Waals surface area (Å²) < 4.78 is 1.95. The number of benzene rings is 2. The molecule has 0 saturated heterocycles. The lowest BCUT2D eigenvalue weighted by Crippen LogP contribution is -2.12. The Morgan fingerprint density at radius 1 is 0.966 bits per heavy atom. The zero-order valence-electron chi connectivity index (χ0n) is 15.6. The second kappa shape index (κ2) is 8.12. The molecule has 4 aromatic rings. The van der Waals surface area contributed by atoms with Crippen LogP contribution in [0.5, 0.6) is 0 Å². The van der Waals surface area contributed by atoms with E-state index in [1.165, 1.54) is 18.3 Å². The molecule has 0 aliphatic rings. The third-order valence-corrected chi connectivity index (χ3v) is 4.99. The SMILES string of the molecule is CC(=O)Nc1ccc(-c2csc(NC(=O)c3cccc(-n4cccc4)c3)n2)cc1. The molecule has 0 fully saturated rings. The maximum Gasteiger partial charge on any atom is 0.257 e. The van der Waals surface area contributed by atoms with E-state index >= 15 is 0 Å². The highest BCUT2D eigenvalue weighted by Gasteiger charge is 2.11. The van der Waals surface area contributed by atoms with Gasteiger partial charge in [0.15, 0.2) is 5.13 Å². The van der Waals surface area contributed by atoms with Gasteiger partial charge in [0, 0.05) is 47.2 Å². The van der Waals surface area contributed by atoms with Crippen LogP contribution in [0.2, 0.25) is 0 Å². The van der Waals surface area contributed by atoms with Gasteiger partial charge in [-0.2, -0.15) is 0 Å². The molecule has 144 valence electrons. The van der Waals surface area contributed by atoms with Gasteiger partial charge in [0.2, 0.25) is 5.91 Å². The first-order chi connectivity index (χ1) is 14.1. The fourth-order valence-electron chi connectivity index (χ4n) is 2.88. The Hall–Kier alpha value is -3.71. The molecule has 29 heavy (non-hydrogen) atoms. The number of amides is 2. The summed E-state index contributed by atoms with van der Waals surface area (Å²) in [6.45, 7) is 1.47. The van der Waals surface area contributed by atoms with E-state index in [9.17, 15) is 9.59 Å². The molecule has 0 spiro atoms. The minimum absolute atomic E-state index is 0.114. The topological polar surface area (TPSA) is 76.0 Å². The Balaban J connectivity index is 1.47. The van der Waals surface area contributed by atoms with Crippen LogP contribution in [-0.2, 0) is 4.79 Å². The molecule has 2 heterocycles. The summed E-state index contributed by atoms with van der Waals surface area (Å²) in [5.74, 6) is -0.321. The van der Waals surface area contributed by atoms with Crippen LogP contribution in [0.15, 0.2) is 78.4 Å². The van der Waals surface area contributed by atoms with E-state index in [0.717, 1.165) is 22.6 Å². The van der Waals surface area contributed by atoms with Gasteiger partial charge in [-0.1, -0.05) is 18.2 Å². The van der Waals surface area contributed by atoms with Gasteiger partial charge < -0.3 is 9.88 Å². The van der Waals surface area contributed by atoms with Crippen molar-refractivity contribution in [1.82, 2.24) is 9.55 Å². The summed E-state index contributed by atoms with van der Waals surface area (Å²) in [4.78, 5) is 28.3. The maximum atomic E-state index is 12.6. The van der Waals surface area contributed by atoms with Gasteiger partial charge in [0.25, 0.3) is 5.91 Å². The number of hydrogen-bond acceptors (Lipinski definition) is 4. The van der Waals surface area contributed by atoms with E-state index in [0.29, 0.717) is 10.7 Å². The molecule has 0 radical (unpaired) electrons. The van der Waals surface area contributed by atoms with Gasteiger partial charge in [0.05, 0.1) is 5.69 Å². The molecule has 2 aromatic carbocycles. The minimum atomic E-state index is -0.207. The summed E-state index contributed by atoms with van der Waals surface area (Å²) in [5.41, 5.74) is 3.88. The zero-order valence-corrected chi connectivity index (χ0v) is 16.4. The maximum absolute atomic E-state index is 12.6. The molecule has 6 nitrogen and oxygen atoms in total. The number of thiazole rings is 1. The van der Waals surface area contributed by atoms with E-state index < -0.39 is 0 Å². The number of carbonyl (C=O) groups is 2.